The van der Waals surface area contributed by atoms with Crippen LogP contribution in [0.5, 0.6) is 5.75 Å². The number of nitrogens with zero attached hydrogens (tertiary/aromatic N) is 1. The Bertz CT molecular complexity index is 496. The molecule has 2 nitrogen and oxygen atoms in total. The summed E-state index contributed by atoms with van der Waals surface area (Å²) in [4.78, 5) is 4.47. The summed E-state index contributed by atoms with van der Waals surface area (Å²) in [6.07, 6.45) is 3.01. The van der Waals surface area contributed by atoms with Gasteiger partial charge in [-0.05, 0) is 35.9 Å². The van der Waals surface area contributed by atoms with Crippen molar-refractivity contribution in [1.29, 1.82) is 0 Å². The van der Waals surface area contributed by atoms with E-state index in [1.165, 1.54) is 11.1 Å². The van der Waals surface area contributed by atoms with Crippen molar-refractivity contribution in [3.05, 3.63) is 42.6 Å². The first-order chi connectivity index (χ1) is 8.85. The molecule has 0 amide bonds. The average Bonchev–Trinajstić information content (AvgIpc) is 2.45. The van der Waals surface area contributed by atoms with Gasteiger partial charge in [0.1, 0.15) is 10.8 Å². The molecule has 94 valence electrons. The Kier molecular flexibility index (Phi) is 4.65. The maximum atomic E-state index is 5.18. The molecule has 0 saturated carbocycles. The summed E-state index contributed by atoms with van der Waals surface area (Å²) in [6, 6.07) is 12.2. The molecule has 0 aliphatic carbocycles. The third-order valence-electron chi connectivity index (χ3n) is 2.62. The van der Waals surface area contributed by atoms with Gasteiger partial charge in [0, 0.05) is 11.8 Å². The van der Waals surface area contributed by atoms with Gasteiger partial charge in [-0.1, -0.05) is 25.1 Å². The van der Waals surface area contributed by atoms with Crippen LogP contribution in [0.4, 0.5) is 0 Å². The zero-order valence-electron chi connectivity index (χ0n) is 10.7. The first-order valence-electron chi connectivity index (χ1n) is 6.07. The van der Waals surface area contributed by atoms with Crippen molar-refractivity contribution >= 4 is 11.8 Å². The number of pyridine rings is 1. The Morgan fingerprint density at radius 2 is 1.94 bits per heavy atom. The van der Waals surface area contributed by atoms with Crippen molar-refractivity contribution in [3.63, 3.8) is 0 Å². The smallest absolute Gasteiger partial charge is 0.118 e. The van der Waals surface area contributed by atoms with E-state index in [4.69, 9.17) is 4.74 Å². The summed E-state index contributed by atoms with van der Waals surface area (Å²) in [7, 11) is 1.68. The van der Waals surface area contributed by atoms with Crippen LogP contribution in [0.3, 0.4) is 0 Å². The molecule has 0 radical (unpaired) electrons. The lowest BCUT2D eigenvalue weighted by Gasteiger charge is -2.08. The molecule has 0 aliphatic rings. The molecule has 0 unspecified atom stereocenters. The second-order valence-electron chi connectivity index (χ2n) is 3.93. The van der Waals surface area contributed by atoms with E-state index in [2.05, 4.69) is 30.1 Å². The predicted octanol–water partition coefficient (Wildman–Crippen LogP) is 4.26. The predicted molar refractivity (Wildman–Crippen MR) is 77.2 cm³/mol. The highest BCUT2D eigenvalue weighted by Crippen LogP contribution is 2.30. The Balaban J connectivity index is 2.30. The van der Waals surface area contributed by atoms with Crippen LogP contribution in [0.25, 0.3) is 11.1 Å². The van der Waals surface area contributed by atoms with E-state index in [1.807, 2.05) is 36.2 Å². The fourth-order valence-corrected chi connectivity index (χ4v) is 2.57. The highest BCUT2D eigenvalue weighted by Gasteiger charge is 2.06. The lowest BCUT2D eigenvalue weighted by Crippen LogP contribution is -1.88. The normalized spacial score (nSPS) is 10.3. The quantitative estimate of drug-likeness (QED) is 0.749. The topological polar surface area (TPSA) is 22.1 Å². The molecule has 18 heavy (non-hydrogen) atoms. The molecule has 0 fully saturated rings. The van der Waals surface area contributed by atoms with Gasteiger partial charge in [-0.3, -0.25) is 0 Å². The number of aromatic nitrogens is 1. The first kappa shape index (κ1) is 13.0. The zero-order chi connectivity index (χ0) is 12.8. The van der Waals surface area contributed by atoms with E-state index in [0.29, 0.717) is 0 Å². The molecule has 0 bridgehead atoms. The van der Waals surface area contributed by atoms with E-state index in [-0.39, 0.29) is 0 Å². The minimum Gasteiger partial charge on any atom is -0.497 e. The lowest BCUT2D eigenvalue weighted by atomic mass is 10.1. The molecule has 2 aromatic rings. The van der Waals surface area contributed by atoms with E-state index < -0.39 is 0 Å². The van der Waals surface area contributed by atoms with Crippen molar-refractivity contribution in [3.8, 4) is 16.9 Å². The van der Waals surface area contributed by atoms with Gasteiger partial charge in [0.05, 0.1) is 7.11 Å². The van der Waals surface area contributed by atoms with Crippen LogP contribution in [0.2, 0.25) is 0 Å². The van der Waals surface area contributed by atoms with Crippen molar-refractivity contribution in [2.45, 2.75) is 18.4 Å². The van der Waals surface area contributed by atoms with E-state index in [1.54, 1.807) is 7.11 Å². The number of rotatable bonds is 5. The van der Waals surface area contributed by atoms with Gasteiger partial charge < -0.3 is 4.74 Å². The van der Waals surface area contributed by atoms with Crippen LogP contribution in [-0.4, -0.2) is 17.8 Å². The largest absolute Gasteiger partial charge is 0.497 e. The number of ether oxygens (including phenoxy) is 1. The molecule has 0 N–H and O–H groups in total. The van der Waals surface area contributed by atoms with Crippen molar-refractivity contribution in [2.75, 3.05) is 12.9 Å². The highest BCUT2D eigenvalue weighted by atomic mass is 32.2. The standard InChI is InChI=1S/C15H17NOS/c1-3-11-18-15-14(5-4-10-16-15)12-6-8-13(17-2)9-7-12/h4-10H,3,11H2,1-2H3. The maximum Gasteiger partial charge on any atom is 0.118 e. The van der Waals surface area contributed by atoms with Gasteiger partial charge in [-0.25, -0.2) is 4.98 Å². The third-order valence-corrected chi connectivity index (χ3v) is 3.83. The Labute approximate surface area is 112 Å². The summed E-state index contributed by atoms with van der Waals surface area (Å²) in [5, 5.41) is 1.10. The molecule has 1 heterocycles. The van der Waals surface area contributed by atoms with Crippen LogP contribution >= 0.6 is 11.8 Å². The minimum atomic E-state index is 0.880. The highest BCUT2D eigenvalue weighted by molar-refractivity contribution is 7.99. The summed E-state index contributed by atoms with van der Waals surface area (Å²) < 4.78 is 5.18. The Morgan fingerprint density at radius 1 is 1.17 bits per heavy atom. The first-order valence-corrected chi connectivity index (χ1v) is 7.06. The van der Waals surface area contributed by atoms with Crippen molar-refractivity contribution in [2.24, 2.45) is 0 Å². The summed E-state index contributed by atoms with van der Waals surface area (Å²) in [5.41, 5.74) is 2.38. The van der Waals surface area contributed by atoms with Gasteiger partial charge >= 0.3 is 0 Å². The van der Waals surface area contributed by atoms with Gasteiger partial charge in [-0.2, -0.15) is 0 Å². The zero-order valence-corrected chi connectivity index (χ0v) is 11.5. The van der Waals surface area contributed by atoms with E-state index in [9.17, 15) is 0 Å². The van der Waals surface area contributed by atoms with Gasteiger partial charge in [0.2, 0.25) is 0 Å². The van der Waals surface area contributed by atoms with Crippen LogP contribution in [0.15, 0.2) is 47.6 Å². The van der Waals surface area contributed by atoms with Gasteiger partial charge in [0.15, 0.2) is 0 Å². The SMILES string of the molecule is CCCSc1ncccc1-c1ccc(OC)cc1. The molecule has 3 heteroatoms. The average molecular weight is 259 g/mol. The van der Waals surface area contributed by atoms with Crippen LogP contribution in [-0.2, 0) is 0 Å². The second kappa shape index (κ2) is 6.45. The fraction of sp³-hybridized carbons (Fsp3) is 0.267. The molecular formula is C15H17NOS. The number of methoxy groups -OCH3 is 1. The van der Waals surface area contributed by atoms with E-state index >= 15 is 0 Å². The van der Waals surface area contributed by atoms with Gasteiger partial charge in [0.25, 0.3) is 0 Å². The Hall–Kier alpha value is -1.48. The minimum absolute atomic E-state index is 0.880. The molecule has 2 rings (SSSR count). The number of hydrogen-bond acceptors (Lipinski definition) is 3. The monoisotopic (exact) mass is 259 g/mol. The van der Waals surface area contributed by atoms with E-state index in [0.717, 1.165) is 22.9 Å². The molecule has 0 atom stereocenters. The van der Waals surface area contributed by atoms with Crippen LogP contribution in [0, 0.1) is 0 Å². The molecule has 1 aromatic carbocycles. The third kappa shape index (κ3) is 3.05. The van der Waals surface area contributed by atoms with Crippen molar-refractivity contribution in [1.82, 2.24) is 4.98 Å². The second-order valence-corrected chi connectivity index (χ2v) is 5.02. The molecular weight excluding hydrogens is 242 g/mol. The van der Waals surface area contributed by atoms with Gasteiger partial charge in [-0.15, -0.1) is 11.8 Å². The Morgan fingerprint density at radius 3 is 2.61 bits per heavy atom. The fourth-order valence-electron chi connectivity index (χ4n) is 1.69. The molecule has 1 aromatic heterocycles. The van der Waals surface area contributed by atoms with Crippen LogP contribution < -0.4 is 4.74 Å². The summed E-state index contributed by atoms with van der Waals surface area (Å²) in [6.45, 7) is 2.18. The molecule has 0 aliphatic heterocycles. The number of thioether (sulfide) groups is 1. The number of benzene rings is 1. The lowest BCUT2D eigenvalue weighted by molar-refractivity contribution is 0.415. The number of hydrogen-bond donors (Lipinski definition) is 0. The van der Waals surface area contributed by atoms with Crippen LogP contribution in [0.1, 0.15) is 13.3 Å². The van der Waals surface area contributed by atoms with Crippen molar-refractivity contribution < 1.29 is 4.74 Å². The summed E-state index contributed by atoms with van der Waals surface area (Å²) in [5.74, 6) is 1.98. The summed E-state index contributed by atoms with van der Waals surface area (Å²) >= 11 is 1.81. The maximum absolute atomic E-state index is 5.18. The molecule has 0 saturated heterocycles. The molecule has 0 spiro atoms.